The first-order valence-corrected chi connectivity index (χ1v) is 15.3. The van der Waals surface area contributed by atoms with Crippen LogP contribution in [-0.4, -0.2) is 70.6 Å². The number of aromatic nitrogens is 1. The van der Waals surface area contributed by atoms with E-state index in [-0.39, 0.29) is 25.2 Å². The number of likely N-dealkylation sites (N-methyl/N-ethyl adjacent to an activating group) is 1. The fraction of sp³-hybridized carbons (Fsp3) is 0.286. The molecule has 11 heteroatoms. The van der Waals surface area contributed by atoms with Crippen molar-refractivity contribution in [2.24, 2.45) is 0 Å². The fourth-order valence-electron chi connectivity index (χ4n) is 5.58. The van der Waals surface area contributed by atoms with E-state index in [0.717, 1.165) is 27.6 Å². The molecule has 0 aliphatic carbocycles. The lowest BCUT2D eigenvalue weighted by Crippen LogP contribution is -2.62. The third-order valence-corrected chi connectivity index (χ3v) is 8.06. The van der Waals surface area contributed by atoms with Gasteiger partial charge in [0.15, 0.2) is 0 Å². The van der Waals surface area contributed by atoms with Crippen molar-refractivity contribution in [3.63, 3.8) is 0 Å². The summed E-state index contributed by atoms with van der Waals surface area (Å²) in [6.45, 7) is 1.90. The van der Waals surface area contributed by atoms with Crippen LogP contribution in [0.2, 0.25) is 0 Å². The molecular weight excluding hydrogens is 584 g/mol. The second kappa shape index (κ2) is 14.6. The number of piperazine rings is 1. The Morgan fingerprint density at radius 3 is 2.15 bits per heavy atom. The molecule has 4 aromatic rings. The van der Waals surface area contributed by atoms with Gasteiger partial charge in [0.25, 0.3) is 0 Å². The van der Waals surface area contributed by atoms with Crippen molar-refractivity contribution in [3.8, 4) is 0 Å². The third-order valence-electron chi connectivity index (χ3n) is 8.06. The molecule has 0 saturated carbocycles. The van der Waals surface area contributed by atoms with Crippen molar-refractivity contribution < 1.29 is 24.0 Å². The average Bonchev–Trinajstić information content (AvgIpc) is 3.46. The first kappa shape index (κ1) is 32.0. The number of hydrogen-bond acceptors (Lipinski definition) is 5. The van der Waals surface area contributed by atoms with Crippen LogP contribution in [0, 0.1) is 0 Å². The molecular formula is C35H38N6O5. The summed E-state index contributed by atoms with van der Waals surface area (Å²) in [4.78, 5) is 70.5. The molecule has 1 aromatic heterocycles. The summed E-state index contributed by atoms with van der Waals surface area (Å²) in [5, 5.41) is 11.7. The Kier molecular flexibility index (Phi) is 10.1. The number of para-hydroxylation sites is 1. The second-order valence-electron chi connectivity index (χ2n) is 11.6. The van der Waals surface area contributed by atoms with E-state index in [9.17, 15) is 24.0 Å². The van der Waals surface area contributed by atoms with Crippen molar-refractivity contribution in [1.82, 2.24) is 31.2 Å². The summed E-state index contributed by atoms with van der Waals surface area (Å²) in [7, 11) is 1.69. The van der Waals surface area contributed by atoms with Crippen LogP contribution in [-0.2, 0) is 43.4 Å². The van der Waals surface area contributed by atoms with E-state index < -0.39 is 47.8 Å². The molecule has 5 rings (SSSR count). The van der Waals surface area contributed by atoms with Crippen LogP contribution >= 0.6 is 0 Å². The molecule has 5 amide bonds. The first-order valence-electron chi connectivity index (χ1n) is 15.3. The number of carbonyl (C=O) groups excluding carboxylic acids is 5. The van der Waals surface area contributed by atoms with E-state index in [1.165, 1.54) is 0 Å². The quantitative estimate of drug-likeness (QED) is 0.164. The largest absolute Gasteiger partial charge is 0.361 e. The lowest BCUT2D eigenvalue weighted by atomic mass is 10.0. The monoisotopic (exact) mass is 622 g/mol. The fourth-order valence-corrected chi connectivity index (χ4v) is 5.58. The highest BCUT2D eigenvalue weighted by Gasteiger charge is 2.34. The predicted octanol–water partition coefficient (Wildman–Crippen LogP) is 1.97. The number of rotatable bonds is 12. The summed E-state index contributed by atoms with van der Waals surface area (Å²) in [5.74, 6) is -2.30. The normalized spacial score (nSPS) is 17.3. The molecule has 2 heterocycles. The molecule has 3 aromatic carbocycles. The smallest absolute Gasteiger partial charge is 0.245 e. The number of H-pyrrole nitrogens is 1. The second-order valence-corrected chi connectivity index (χ2v) is 11.6. The topological polar surface area (TPSA) is 152 Å². The lowest BCUT2D eigenvalue weighted by molar-refractivity contribution is -0.139. The van der Waals surface area contributed by atoms with E-state index in [2.05, 4.69) is 26.3 Å². The van der Waals surface area contributed by atoms with Crippen molar-refractivity contribution in [1.29, 1.82) is 0 Å². The van der Waals surface area contributed by atoms with Crippen molar-refractivity contribution >= 4 is 40.4 Å². The minimum Gasteiger partial charge on any atom is -0.361 e. The SMILES string of the molecule is CC1NC(=O)C(CC(=O)NC(Cc2c[nH]c3ccccc23)C(=O)NC(Cc2ccccc2)C(=O)N(C)Cc2ccccc2)NC1=O. The van der Waals surface area contributed by atoms with Gasteiger partial charge in [0.2, 0.25) is 29.5 Å². The third kappa shape index (κ3) is 7.98. The Hall–Kier alpha value is -5.45. The summed E-state index contributed by atoms with van der Waals surface area (Å²) in [6.07, 6.45) is 1.79. The Morgan fingerprint density at radius 1 is 0.783 bits per heavy atom. The van der Waals surface area contributed by atoms with Crippen LogP contribution in [0.4, 0.5) is 0 Å². The zero-order valence-corrected chi connectivity index (χ0v) is 25.8. The van der Waals surface area contributed by atoms with Gasteiger partial charge in [-0.25, -0.2) is 0 Å². The van der Waals surface area contributed by atoms with Gasteiger partial charge in [-0.2, -0.15) is 0 Å². The molecule has 4 unspecified atom stereocenters. The summed E-state index contributed by atoms with van der Waals surface area (Å²) in [6, 6.07) is 22.8. The first-order chi connectivity index (χ1) is 22.2. The van der Waals surface area contributed by atoms with Crippen molar-refractivity contribution in [2.45, 2.75) is 56.9 Å². The molecule has 238 valence electrons. The molecule has 11 nitrogen and oxygen atoms in total. The molecule has 1 fully saturated rings. The predicted molar refractivity (Wildman–Crippen MR) is 173 cm³/mol. The number of nitrogens with zero attached hydrogens (tertiary/aromatic N) is 1. The van der Waals surface area contributed by atoms with Crippen molar-refractivity contribution in [2.75, 3.05) is 7.05 Å². The molecule has 46 heavy (non-hydrogen) atoms. The minimum atomic E-state index is -1.08. The van der Waals surface area contributed by atoms with Crippen LogP contribution < -0.4 is 21.3 Å². The molecule has 0 radical (unpaired) electrons. The van der Waals surface area contributed by atoms with E-state index in [0.29, 0.717) is 6.54 Å². The van der Waals surface area contributed by atoms with Gasteiger partial charge in [-0.3, -0.25) is 24.0 Å². The summed E-state index contributed by atoms with van der Waals surface area (Å²) in [5.41, 5.74) is 3.47. The molecule has 1 saturated heterocycles. The Balaban J connectivity index is 1.37. The Labute approximate surface area is 267 Å². The number of fused-ring (bicyclic) bond motifs is 1. The van der Waals surface area contributed by atoms with Gasteiger partial charge in [-0.1, -0.05) is 78.9 Å². The van der Waals surface area contributed by atoms with E-state index in [4.69, 9.17) is 0 Å². The molecule has 1 aliphatic heterocycles. The molecule has 0 spiro atoms. The maximum atomic E-state index is 14.0. The summed E-state index contributed by atoms with van der Waals surface area (Å²) < 4.78 is 0. The number of carbonyl (C=O) groups is 5. The van der Waals surface area contributed by atoms with Gasteiger partial charge in [-0.05, 0) is 29.7 Å². The number of amides is 5. The minimum absolute atomic E-state index is 0.119. The van der Waals surface area contributed by atoms with Gasteiger partial charge in [0, 0.05) is 43.5 Å². The number of hydrogen-bond donors (Lipinski definition) is 5. The van der Waals surface area contributed by atoms with E-state index in [1.807, 2.05) is 84.9 Å². The molecule has 4 atom stereocenters. The lowest BCUT2D eigenvalue weighted by Gasteiger charge is -2.29. The highest BCUT2D eigenvalue weighted by atomic mass is 16.2. The summed E-state index contributed by atoms with van der Waals surface area (Å²) >= 11 is 0. The molecule has 5 N–H and O–H groups in total. The molecule has 0 bridgehead atoms. The number of aromatic amines is 1. The Morgan fingerprint density at radius 2 is 1.43 bits per heavy atom. The van der Waals surface area contributed by atoms with Crippen LogP contribution in [0.5, 0.6) is 0 Å². The van der Waals surface area contributed by atoms with Crippen LogP contribution in [0.15, 0.2) is 91.1 Å². The van der Waals surface area contributed by atoms with Gasteiger partial charge >= 0.3 is 0 Å². The average molecular weight is 623 g/mol. The number of nitrogens with one attached hydrogen (secondary N) is 5. The van der Waals surface area contributed by atoms with Gasteiger partial charge < -0.3 is 31.2 Å². The highest BCUT2D eigenvalue weighted by Crippen LogP contribution is 2.20. The van der Waals surface area contributed by atoms with Crippen molar-refractivity contribution in [3.05, 3.63) is 108 Å². The van der Waals surface area contributed by atoms with Crippen LogP contribution in [0.3, 0.4) is 0 Å². The highest BCUT2D eigenvalue weighted by molar-refractivity contribution is 5.99. The maximum Gasteiger partial charge on any atom is 0.245 e. The maximum absolute atomic E-state index is 14.0. The van der Waals surface area contributed by atoms with Crippen LogP contribution in [0.1, 0.15) is 30.0 Å². The standard InChI is InChI=1S/C35H38N6O5/c1-22-32(43)39-29(33(44)37-22)19-31(42)38-28(18-25-20-36-27-16-10-9-15-26(25)27)34(45)40-30(17-23-11-5-3-6-12-23)35(46)41(2)21-24-13-7-4-8-14-24/h3-16,20,22,28-30,36H,17-19,21H2,1-2H3,(H,37,44)(H,38,42)(H,39,43)(H,40,45). The zero-order valence-electron chi connectivity index (χ0n) is 25.8. The zero-order chi connectivity index (χ0) is 32.6. The van der Waals surface area contributed by atoms with Crippen LogP contribution in [0.25, 0.3) is 10.9 Å². The number of benzene rings is 3. The Bertz CT molecular complexity index is 1710. The molecule has 1 aliphatic rings. The van der Waals surface area contributed by atoms with E-state index in [1.54, 1.807) is 25.1 Å². The van der Waals surface area contributed by atoms with E-state index >= 15 is 0 Å². The van der Waals surface area contributed by atoms with Gasteiger partial charge in [-0.15, -0.1) is 0 Å². The van der Waals surface area contributed by atoms with Gasteiger partial charge in [0.05, 0.1) is 6.42 Å². The van der Waals surface area contributed by atoms with Gasteiger partial charge in [0.1, 0.15) is 24.2 Å².